The molecule has 1 N–H and O–H groups in total. The number of hydrogen-bond acceptors (Lipinski definition) is 7. The number of anilines is 2. The second-order valence-electron chi connectivity index (χ2n) is 9.08. The fourth-order valence-corrected chi connectivity index (χ4v) is 8.70. The number of benzene rings is 2. The second-order valence-corrected chi connectivity index (χ2v) is 12.6. The Hall–Kier alpha value is -3.18. The van der Waals surface area contributed by atoms with Crippen LogP contribution in [0.1, 0.15) is 21.2 Å². The lowest BCUT2D eigenvalue weighted by atomic mass is 9.87. The zero-order valence-electron chi connectivity index (χ0n) is 19.9. The third-order valence-electron chi connectivity index (χ3n) is 6.62. The molecule has 1 fully saturated rings. The molecular weight excluding hydrogens is 562 g/mol. The first-order chi connectivity index (χ1) is 18.3. The van der Waals surface area contributed by atoms with Gasteiger partial charge in [0.1, 0.15) is 11.8 Å². The number of fused-ring (bicyclic) bond motifs is 2. The fourth-order valence-electron chi connectivity index (χ4n) is 4.86. The minimum Gasteiger partial charge on any atom is -0.325 e. The highest BCUT2D eigenvalue weighted by Crippen LogP contribution is 2.54. The predicted molar refractivity (Wildman–Crippen MR) is 152 cm³/mol. The van der Waals surface area contributed by atoms with E-state index in [-0.39, 0.29) is 29.1 Å². The predicted octanol–water partition coefficient (Wildman–Crippen LogP) is 5.37. The summed E-state index contributed by atoms with van der Waals surface area (Å²) in [5, 5.41) is 5.10. The number of amides is 3. The van der Waals surface area contributed by atoms with Gasteiger partial charge in [-0.3, -0.25) is 23.7 Å². The minimum absolute atomic E-state index is 0.191. The molecule has 4 aromatic rings. The SMILES string of the molecule is Cc1ccc(NC(=O)Cn2c3c(sc2=O)C(c2cccs2)C2C(=O)N(c4ccc(Cl)cc4)C(=O)C2S3)cc1. The molecule has 3 amide bonds. The first-order valence-electron chi connectivity index (χ1n) is 11.8. The summed E-state index contributed by atoms with van der Waals surface area (Å²) in [6.45, 7) is 1.77. The topological polar surface area (TPSA) is 88.5 Å². The molecule has 0 aliphatic carbocycles. The van der Waals surface area contributed by atoms with E-state index in [1.54, 1.807) is 36.4 Å². The van der Waals surface area contributed by atoms with Gasteiger partial charge in [0.05, 0.1) is 16.6 Å². The molecule has 6 rings (SSSR count). The summed E-state index contributed by atoms with van der Waals surface area (Å²) in [6.07, 6.45) is 0. The second kappa shape index (κ2) is 9.85. The van der Waals surface area contributed by atoms with Crippen LogP contribution in [-0.2, 0) is 20.9 Å². The van der Waals surface area contributed by atoms with Crippen LogP contribution in [0.25, 0.3) is 0 Å². The fraction of sp³-hybridized carbons (Fsp3) is 0.185. The summed E-state index contributed by atoms with van der Waals surface area (Å²) in [4.78, 5) is 56.0. The summed E-state index contributed by atoms with van der Waals surface area (Å²) < 4.78 is 1.42. The number of aryl methyl sites for hydroxylation is 1. The van der Waals surface area contributed by atoms with Crippen LogP contribution in [-0.4, -0.2) is 27.5 Å². The lowest BCUT2D eigenvalue weighted by Gasteiger charge is -2.29. The highest BCUT2D eigenvalue weighted by molar-refractivity contribution is 8.00. The molecule has 1 saturated heterocycles. The molecule has 192 valence electrons. The monoisotopic (exact) mass is 581 g/mol. The Kier molecular flexibility index (Phi) is 6.51. The maximum absolute atomic E-state index is 13.8. The number of thiazole rings is 1. The van der Waals surface area contributed by atoms with Crippen LogP contribution >= 0.6 is 46.0 Å². The number of thioether (sulfide) groups is 1. The molecule has 0 saturated carbocycles. The normalized spacial score (nSPS) is 20.4. The van der Waals surface area contributed by atoms with Crippen LogP contribution in [0.4, 0.5) is 11.4 Å². The number of nitrogens with one attached hydrogen (secondary N) is 1. The number of carbonyl (C=O) groups excluding carboxylic acids is 3. The van der Waals surface area contributed by atoms with Gasteiger partial charge in [-0.05, 0) is 54.8 Å². The van der Waals surface area contributed by atoms with E-state index < -0.39 is 17.1 Å². The molecule has 2 aromatic heterocycles. The van der Waals surface area contributed by atoms with Crippen molar-refractivity contribution in [2.45, 2.75) is 29.7 Å². The molecule has 4 heterocycles. The van der Waals surface area contributed by atoms with Gasteiger partial charge in [-0.25, -0.2) is 4.90 Å². The van der Waals surface area contributed by atoms with Crippen molar-refractivity contribution in [1.29, 1.82) is 0 Å². The van der Waals surface area contributed by atoms with Gasteiger partial charge in [-0.15, -0.1) is 11.3 Å². The maximum atomic E-state index is 13.8. The van der Waals surface area contributed by atoms with E-state index in [9.17, 15) is 19.2 Å². The van der Waals surface area contributed by atoms with Gasteiger partial charge in [0, 0.05) is 26.4 Å². The lowest BCUT2D eigenvalue weighted by Crippen LogP contribution is -2.32. The highest BCUT2D eigenvalue weighted by Gasteiger charge is 2.57. The minimum atomic E-state index is -0.724. The van der Waals surface area contributed by atoms with E-state index in [4.69, 9.17) is 11.6 Å². The highest BCUT2D eigenvalue weighted by atomic mass is 35.5. The Morgan fingerprint density at radius 1 is 1.00 bits per heavy atom. The molecule has 3 unspecified atom stereocenters. The van der Waals surface area contributed by atoms with Crippen LogP contribution in [0, 0.1) is 12.8 Å². The Bertz CT molecular complexity index is 1610. The van der Waals surface area contributed by atoms with Gasteiger partial charge in [0.15, 0.2) is 0 Å². The van der Waals surface area contributed by atoms with Crippen molar-refractivity contribution in [2.24, 2.45) is 5.92 Å². The largest absolute Gasteiger partial charge is 0.325 e. The first kappa shape index (κ1) is 25.1. The van der Waals surface area contributed by atoms with Crippen molar-refractivity contribution in [3.63, 3.8) is 0 Å². The third-order valence-corrected chi connectivity index (χ3v) is 10.4. The van der Waals surface area contributed by atoms with Gasteiger partial charge in [0.2, 0.25) is 17.7 Å². The average molecular weight is 582 g/mol. The molecule has 0 spiro atoms. The maximum Gasteiger partial charge on any atom is 0.308 e. The summed E-state index contributed by atoms with van der Waals surface area (Å²) in [6, 6.07) is 17.8. The number of hydrogen-bond donors (Lipinski definition) is 1. The van der Waals surface area contributed by atoms with Crippen molar-refractivity contribution in [3.8, 4) is 0 Å². The average Bonchev–Trinajstić information content (AvgIpc) is 3.59. The zero-order valence-corrected chi connectivity index (χ0v) is 23.1. The van der Waals surface area contributed by atoms with Crippen molar-refractivity contribution in [2.75, 3.05) is 10.2 Å². The van der Waals surface area contributed by atoms with Crippen molar-refractivity contribution < 1.29 is 14.4 Å². The van der Waals surface area contributed by atoms with Crippen LogP contribution < -0.4 is 15.1 Å². The molecule has 2 aliphatic rings. The summed E-state index contributed by atoms with van der Waals surface area (Å²) in [5.74, 6) is -2.10. The quantitative estimate of drug-likeness (QED) is 0.320. The molecule has 11 heteroatoms. The van der Waals surface area contributed by atoms with Crippen molar-refractivity contribution in [1.82, 2.24) is 4.57 Å². The zero-order chi connectivity index (χ0) is 26.6. The van der Waals surface area contributed by atoms with E-state index in [1.807, 2.05) is 36.6 Å². The van der Waals surface area contributed by atoms with Crippen molar-refractivity contribution in [3.05, 3.63) is 96.1 Å². The summed E-state index contributed by atoms with van der Waals surface area (Å²) in [7, 11) is 0. The van der Waals surface area contributed by atoms with Crippen LogP contribution in [0.3, 0.4) is 0 Å². The molecule has 2 aromatic carbocycles. The first-order valence-corrected chi connectivity index (χ1v) is 14.7. The van der Waals surface area contributed by atoms with Crippen molar-refractivity contribution >= 4 is 75.1 Å². The van der Waals surface area contributed by atoms with Gasteiger partial charge in [-0.2, -0.15) is 0 Å². The lowest BCUT2D eigenvalue weighted by molar-refractivity contribution is -0.122. The molecule has 7 nitrogen and oxygen atoms in total. The Morgan fingerprint density at radius 2 is 1.74 bits per heavy atom. The van der Waals surface area contributed by atoms with Crippen LogP contribution in [0.5, 0.6) is 0 Å². The Balaban J connectivity index is 1.38. The van der Waals surface area contributed by atoms with Gasteiger partial charge in [0.25, 0.3) is 0 Å². The standard InChI is InChI=1S/C27H20ClN3O4S3/c1-14-4-8-16(9-5-14)29-19(32)13-30-26-23(38-27(30)35)20(18-3-2-12-36-18)21-22(37-26)25(34)31(24(21)33)17-10-6-15(28)7-11-17/h2-12,20-22H,13H2,1H3,(H,29,32). The number of halogens is 1. The van der Waals surface area contributed by atoms with Gasteiger partial charge >= 0.3 is 4.87 Å². The summed E-state index contributed by atoms with van der Waals surface area (Å²) >= 11 is 9.75. The molecule has 3 atom stereocenters. The Labute approximate surface area is 235 Å². The van der Waals surface area contributed by atoms with Gasteiger partial charge in [-0.1, -0.05) is 58.5 Å². The molecule has 2 aliphatic heterocycles. The van der Waals surface area contributed by atoms with E-state index in [1.165, 1.54) is 32.6 Å². The van der Waals surface area contributed by atoms with E-state index in [2.05, 4.69) is 5.32 Å². The van der Waals surface area contributed by atoms with E-state index in [0.29, 0.717) is 26.3 Å². The molecule has 0 bridgehead atoms. The summed E-state index contributed by atoms with van der Waals surface area (Å²) in [5.41, 5.74) is 2.17. The number of nitrogens with zero attached hydrogens (tertiary/aromatic N) is 2. The molecule has 38 heavy (non-hydrogen) atoms. The van der Waals surface area contributed by atoms with Crippen LogP contribution in [0.2, 0.25) is 5.02 Å². The number of aromatic nitrogens is 1. The number of carbonyl (C=O) groups is 3. The number of thiophene rings is 1. The Morgan fingerprint density at radius 3 is 2.42 bits per heavy atom. The van der Waals surface area contributed by atoms with E-state index in [0.717, 1.165) is 21.8 Å². The van der Waals surface area contributed by atoms with Gasteiger partial charge < -0.3 is 5.32 Å². The van der Waals surface area contributed by atoms with Crippen LogP contribution in [0.15, 0.2) is 75.9 Å². The molecule has 0 radical (unpaired) electrons. The number of imide groups is 1. The number of rotatable bonds is 5. The third kappa shape index (κ3) is 4.31. The smallest absolute Gasteiger partial charge is 0.308 e. The van der Waals surface area contributed by atoms with E-state index >= 15 is 0 Å². The molecular formula is C27H20ClN3O4S3.